The zero-order valence-corrected chi connectivity index (χ0v) is 17.7. The average molecular weight is 431 g/mol. The quantitative estimate of drug-likeness (QED) is 0.449. The first-order valence-electron chi connectivity index (χ1n) is 9.61. The van der Waals surface area contributed by atoms with Crippen molar-refractivity contribution >= 4 is 45.7 Å². The summed E-state index contributed by atoms with van der Waals surface area (Å²) in [6, 6.07) is 18.2. The lowest BCUT2D eigenvalue weighted by Crippen LogP contribution is -2.13. The van der Waals surface area contributed by atoms with Crippen LogP contribution in [0.3, 0.4) is 0 Å². The Labute approximate surface area is 184 Å². The van der Waals surface area contributed by atoms with Crippen molar-refractivity contribution in [1.29, 1.82) is 0 Å². The van der Waals surface area contributed by atoms with Crippen molar-refractivity contribution in [3.8, 4) is 11.3 Å². The summed E-state index contributed by atoms with van der Waals surface area (Å²) in [5.41, 5.74) is 5.05. The first-order valence-corrected chi connectivity index (χ1v) is 9.99. The molecular formula is C24H19ClN4O2. The van der Waals surface area contributed by atoms with Gasteiger partial charge in [-0.25, -0.2) is 9.97 Å². The van der Waals surface area contributed by atoms with Crippen LogP contribution in [0.4, 0.5) is 11.4 Å². The summed E-state index contributed by atoms with van der Waals surface area (Å²) in [6.07, 6.45) is 1.54. The van der Waals surface area contributed by atoms with Gasteiger partial charge in [0.1, 0.15) is 6.33 Å². The fourth-order valence-corrected chi connectivity index (χ4v) is 3.62. The Balaban J connectivity index is 1.65. The third kappa shape index (κ3) is 4.39. The van der Waals surface area contributed by atoms with Crippen LogP contribution in [0.15, 0.2) is 67.0 Å². The Hall–Kier alpha value is -3.77. The molecule has 0 aliphatic rings. The van der Waals surface area contributed by atoms with Crippen molar-refractivity contribution in [3.63, 3.8) is 0 Å². The van der Waals surface area contributed by atoms with Crippen LogP contribution in [0.1, 0.15) is 22.8 Å². The van der Waals surface area contributed by atoms with Crippen molar-refractivity contribution in [2.75, 3.05) is 10.6 Å². The minimum absolute atomic E-state index is 0.210. The Morgan fingerprint density at radius 1 is 0.903 bits per heavy atom. The molecule has 0 aliphatic heterocycles. The van der Waals surface area contributed by atoms with Crippen molar-refractivity contribution in [2.24, 2.45) is 0 Å². The number of nitrogens with one attached hydrogen (secondary N) is 2. The largest absolute Gasteiger partial charge is 0.326 e. The van der Waals surface area contributed by atoms with Crippen LogP contribution in [0.25, 0.3) is 22.2 Å². The van der Waals surface area contributed by atoms with E-state index < -0.39 is 0 Å². The number of nitrogens with zero attached hydrogens (tertiary/aromatic N) is 2. The highest BCUT2D eigenvalue weighted by molar-refractivity contribution is 6.34. The highest BCUT2D eigenvalue weighted by Crippen LogP contribution is 2.30. The number of rotatable bonds is 4. The van der Waals surface area contributed by atoms with E-state index >= 15 is 0 Å². The molecular weight excluding hydrogens is 412 g/mol. The minimum atomic E-state index is -0.346. The lowest BCUT2D eigenvalue weighted by molar-refractivity contribution is -0.114. The average Bonchev–Trinajstić information content (AvgIpc) is 2.74. The maximum absolute atomic E-state index is 12.8. The second-order valence-corrected chi connectivity index (χ2v) is 7.51. The molecule has 1 aromatic heterocycles. The molecule has 0 aliphatic carbocycles. The van der Waals surface area contributed by atoms with Gasteiger partial charge >= 0.3 is 0 Å². The summed E-state index contributed by atoms with van der Waals surface area (Å²) in [5, 5.41) is 6.72. The lowest BCUT2D eigenvalue weighted by atomic mass is 10.0. The van der Waals surface area contributed by atoms with E-state index in [0.717, 1.165) is 27.7 Å². The standard InChI is InChI=1S/C24H19ClN4O2/c1-14-7-8-16(11-20(14)23-19-5-3-4-6-22(19)26-13-27-23)29-24(31)18-10-9-17(12-21(18)25)28-15(2)30/h3-13H,1-2H3,(H,28,30)(H,29,31). The molecule has 0 atom stereocenters. The molecule has 0 spiro atoms. The second-order valence-electron chi connectivity index (χ2n) is 7.10. The van der Waals surface area contributed by atoms with E-state index in [9.17, 15) is 9.59 Å². The molecule has 0 radical (unpaired) electrons. The van der Waals surface area contributed by atoms with Gasteiger partial charge in [0, 0.05) is 29.2 Å². The second kappa shape index (κ2) is 8.53. The summed E-state index contributed by atoms with van der Waals surface area (Å²) in [7, 11) is 0. The lowest BCUT2D eigenvalue weighted by Gasteiger charge is -2.12. The zero-order valence-electron chi connectivity index (χ0n) is 16.9. The van der Waals surface area contributed by atoms with E-state index in [2.05, 4.69) is 20.6 Å². The van der Waals surface area contributed by atoms with Crippen molar-refractivity contribution < 1.29 is 9.59 Å². The summed E-state index contributed by atoms with van der Waals surface area (Å²) in [5.74, 6) is -0.556. The molecule has 0 unspecified atom stereocenters. The number of hydrogen-bond donors (Lipinski definition) is 2. The number of hydrogen-bond acceptors (Lipinski definition) is 4. The first kappa shape index (κ1) is 20.5. The van der Waals surface area contributed by atoms with E-state index in [-0.39, 0.29) is 16.8 Å². The van der Waals surface area contributed by atoms with Crippen LogP contribution in [0.5, 0.6) is 0 Å². The summed E-state index contributed by atoms with van der Waals surface area (Å²) < 4.78 is 0. The SMILES string of the molecule is CC(=O)Nc1ccc(C(=O)Nc2ccc(C)c(-c3ncnc4ccccc34)c2)c(Cl)c1. The molecule has 0 bridgehead atoms. The molecule has 0 saturated carbocycles. The molecule has 1 heterocycles. The predicted molar refractivity (Wildman–Crippen MR) is 123 cm³/mol. The Kier molecular flexibility index (Phi) is 5.64. The van der Waals surface area contributed by atoms with Gasteiger partial charge < -0.3 is 10.6 Å². The molecule has 0 saturated heterocycles. The maximum atomic E-state index is 12.8. The van der Waals surface area contributed by atoms with E-state index in [4.69, 9.17) is 11.6 Å². The predicted octanol–water partition coefficient (Wildman–Crippen LogP) is 5.47. The van der Waals surface area contributed by atoms with Crippen molar-refractivity contribution in [2.45, 2.75) is 13.8 Å². The van der Waals surface area contributed by atoms with Crippen LogP contribution >= 0.6 is 11.6 Å². The van der Waals surface area contributed by atoms with Crippen molar-refractivity contribution in [3.05, 3.63) is 83.1 Å². The number of halogens is 1. The van der Waals surface area contributed by atoms with Crippen LogP contribution in [0.2, 0.25) is 5.02 Å². The molecule has 4 rings (SSSR count). The first-order chi connectivity index (χ1) is 14.9. The highest BCUT2D eigenvalue weighted by Gasteiger charge is 2.14. The topological polar surface area (TPSA) is 84.0 Å². The third-order valence-corrected chi connectivity index (χ3v) is 5.14. The third-order valence-electron chi connectivity index (χ3n) is 4.83. The van der Waals surface area contributed by atoms with Crippen LogP contribution in [0, 0.1) is 6.92 Å². The Bertz CT molecular complexity index is 1310. The zero-order chi connectivity index (χ0) is 22.0. The van der Waals surface area contributed by atoms with Gasteiger partial charge in [0.25, 0.3) is 5.91 Å². The summed E-state index contributed by atoms with van der Waals surface area (Å²) >= 11 is 6.26. The van der Waals surface area contributed by atoms with Crippen LogP contribution < -0.4 is 10.6 Å². The monoisotopic (exact) mass is 430 g/mol. The van der Waals surface area contributed by atoms with Gasteiger partial charge in [-0.05, 0) is 48.9 Å². The number of carbonyl (C=O) groups excluding carboxylic acids is 2. The number of aromatic nitrogens is 2. The van der Waals surface area contributed by atoms with Gasteiger partial charge in [0.15, 0.2) is 0 Å². The number of para-hydroxylation sites is 1. The van der Waals surface area contributed by atoms with Crippen LogP contribution in [-0.4, -0.2) is 21.8 Å². The number of aryl methyl sites for hydroxylation is 1. The molecule has 3 aromatic carbocycles. The van der Waals surface area contributed by atoms with Gasteiger partial charge in [-0.15, -0.1) is 0 Å². The molecule has 31 heavy (non-hydrogen) atoms. The minimum Gasteiger partial charge on any atom is -0.326 e. The molecule has 4 aromatic rings. The molecule has 0 fully saturated rings. The van der Waals surface area contributed by atoms with Gasteiger partial charge in [-0.3, -0.25) is 9.59 Å². The van der Waals surface area contributed by atoms with Gasteiger partial charge in [-0.2, -0.15) is 0 Å². The number of benzene rings is 3. The van der Waals surface area contributed by atoms with Crippen LogP contribution in [-0.2, 0) is 4.79 Å². The molecule has 6 nitrogen and oxygen atoms in total. The fourth-order valence-electron chi connectivity index (χ4n) is 3.35. The van der Waals surface area contributed by atoms with E-state index in [1.165, 1.54) is 6.92 Å². The van der Waals surface area contributed by atoms with Crippen molar-refractivity contribution in [1.82, 2.24) is 9.97 Å². The Morgan fingerprint density at radius 2 is 1.65 bits per heavy atom. The number of fused-ring (bicyclic) bond motifs is 1. The highest BCUT2D eigenvalue weighted by atomic mass is 35.5. The number of amides is 2. The van der Waals surface area contributed by atoms with E-state index in [0.29, 0.717) is 16.9 Å². The van der Waals surface area contributed by atoms with Gasteiger partial charge in [0.2, 0.25) is 5.91 Å². The van der Waals surface area contributed by atoms with Gasteiger partial charge in [0.05, 0.1) is 21.8 Å². The number of carbonyl (C=O) groups is 2. The summed E-state index contributed by atoms with van der Waals surface area (Å²) in [6.45, 7) is 3.40. The number of anilines is 2. The summed E-state index contributed by atoms with van der Waals surface area (Å²) in [4.78, 5) is 32.8. The molecule has 7 heteroatoms. The molecule has 2 N–H and O–H groups in total. The van der Waals surface area contributed by atoms with E-state index in [1.807, 2.05) is 49.4 Å². The smallest absolute Gasteiger partial charge is 0.257 e. The van der Waals surface area contributed by atoms with E-state index in [1.54, 1.807) is 24.5 Å². The molecule has 154 valence electrons. The van der Waals surface area contributed by atoms with Gasteiger partial charge in [-0.1, -0.05) is 35.9 Å². The fraction of sp³-hybridized carbons (Fsp3) is 0.0833. The molecule has 2 amide bonds. The maximum Gasteiger partial charge on any atom is 0.257 e. The normalized spacial score (nSPS) is 10.7. The Morgan fingerprint density at radius 3 is 2.42 bits per heavy atom.